The van der Waals surface area contributed by atoms with E-state index in [4.69, 9.17) is 5.11 Å². The van der Waals surface area contributed by atoms with Gasteiger partial charge in [-0.3, -0.25) is 0 Å². The number of carbonyl (C=O) groups is 1. The zero-order chi connectivity index (χ0) is 10.8. The Morgan fingerprint density at radius 3 is 2.93 bits per heavy atom. The number of aliphatic hydroxyl groups excluding tert-OH is 1. The van der Waals surface area contributed by atoms with Crippen LogP contribution in [0.25, 0.3) is 10.9 Å². The highest BCUT2D eigenvalue weighted by Crippen LogP contribution is 2.18. The van der Waals surface area contributed by atoms with Gasteiger partial charge in [0.25, 0.3) is 0 Å². The van der Waals surface area contributed by atoms with E-state index >= 15 is 0 Å². The quantitative estimate of drug-likeness (QED) is 0.737. The number of aliphatic hydroxyl groups is 1. The predicted molar refractivity (Wildman–Crippen MR) is 53.3 cm³/mol. The minimum Gasteiger partial charge on any atom is -0.464 e. The van der Waals surface area contributed by atoms with Crippen molar-refractivity contribution in [3.63, 3.8) is 0 Å². The molecule has 5 heteroatoms. The fourth-order valence-electron chi connectivity index (χ4n) is 1.48. The van der Waals surface area contributed by atoms with E-state index in [2.05, 4.69) is 9.84 Å². The fraction of sp³-hybridized carbons (Fsp3) is 0.200. The molecule has 0 amide bonds. The molecular formula is C10H10N2O3. The molecule has 0 saturated heterocycles. The summed E-state index contributed by atoms with van der Waals surface area (Å²) in [5, 5.41) is 13.7. The Labute approximate surface area is 85.9 Å². The predicted octanol–water partition coefficient (Wildman–Crippen LogP) is 0.773. The minimum atomic E-state index is -0.501. The maximum Gasteiger partial charge on any atom is 0.359 e. The first kappa shape index (κ1) is 9.67. The lowest BCUT2D eigenvalue weighted by Gasteiger charge is -1.94. The molecule has 78 valence electrons. The molecule has 1 aromatic carbocycles. The average Bonchev–Trinajstić information content (AvgIpc) is 2.67. The highest BCUT2D eigenvalue weighted by atomic mass is 16.5. The van der Waals surface area contributed by atoms with Crippen LogP contribution in [0.4, 0.5) is 0 Å². The molecule has 0 saturated carbocycles. The van der Waals surface area contributed by atoms with E-state index in [9.17, 15) is 4.79 Å². The molecule has 1 heterocycles. The molecule has 2 rings (SSSR count). The molecule has 0 unspecified atom stereocenters. The van der Waals surface area contributed by atoms with Crippen molar-refractivity contribution in [3.05, 3.63) is 30.0 Å². The van der Waals surface area contributed by atoms with Crippen molar-refractivity contribution >= 4 is 16.9 Å². The normalized spacial score (nSPS) is 10.5. The zero-order valence-electron chi connectivity index (χ0n) is 8.17. The van der Waals surface area contributed by atoms with E-state index in [0.717, 1.165) is 0 Å². The third-order valence-electron chi connectivity index (χ3n) is 2.17. The summed E-state index contributed by atoms with van der Waals surface area (Å²) >= 11 is 0. The highest BCUT2D eigenvalue weighted by molar-refractivity contribution is 6.01. The van der Waals surface area contributed by atoms with Crippen LogP contribution in [0, 0.1) is 0 Å². The summed E-state index contributed by atoms with van der Waals surface area (Å²) < 4.78 is 5.95. The first-order valence-electron chi connectivity index (χ1n) is 4.42. The Balaban J connectivity index is 2.70. The molecule has 15 heavy (non-hydrogen) atoms. The highest BCUT2D eigenvalue weighted by Gasteiger charge is 2.16. The SMILES string of the molecule is COC(=O)c1nn(CO)c2ccccc12. The third kappa shape index (κ3) is 1.46. The van der Waals surface area contributed by atoms with Crippen molar-refractivity contribution in [3.8, 4) is 0 Å². The van der Waals surface area contributed by atoms with Crippen LogP contribution in [0.3, 0.4) is 0 Å². The number of para-hydroxylation sites is 1. The van der Waals surface area contributed by atoms with E-state index in [-0.39, 0.29) is 12.4 Å². The van der Waals surface area contributed by atoms with E-state index in [1.165, 1.54) is 11.8 Å². The number of carbonyl (C=O) groups excluding carboxylic acids is 1. The first-order valence-corrected chi connectivity index (χ1v) is 4.42. The number of hydrogen-bond donors (Lipinski definition) is 1. The number of benzene rings is 1. The van der Waals surface area contributed by atoms with Gasteiger partial charge in [-0.25, -0.2) is 9.48 Å². The largest absolute Gasteiger partial charge is 0.464 e. The summed E-state index contributed by atoms with van der Waals surface area (Å²) in [5.41, 5.74) is 0.933. The number of methoxy groups -OCH3 is 1. The number of ether oxygens (including phenoxy) is 1. The van der Waals surface area contributed by atoms with Gasteiger partial charge in [0.15, 0.2) is 5.69 Å². The summed E-state index contributed by atoms with van der Waals surface area (Å²) in [6.45, 7) is -0.266. The zero-order valence-corrected chi connectivity index (χ0v) is 8.17. The molecule has 0 aliphatic rings. The maximum atomic E-state index is 11.4. The molecule has 0 radical (unpaired) electrons. The lowest BCUT2D eigenvalue weighted by Crippen LogP contribution is -2.05. The van der Waals surface area contributed by atoms with Crippen molar-refractivity contribution in [1.29, 1.82) is 0 Å². The van der Waals surface area contributed by atoms with Gasteiger partial charge in [-0.1, -0.05) is 18.2 Å². The van der Waals surface area contributed by atoms with Gasteiger partial charge in [-0.15, -0.1) is 0 Å². The monoisotopic (exact) mass is 206 g/mol. The summed E-state index contributed by atoms with van der Waals surface area (Å²) in [6.07, 6.45) is 0. The molecule has 0 aliphatic heterocycles. The van der Waals surface area contributed by atoms with Crippen LogP contribution in [0.1, 0.15) is 10.5 Å². The van der Waals surface area contributed by atoms with Gasteiger partial charge in [0.1, 0.15) is 6.73 Å². The van der Waals surface area contributed by atoms with E-state index in [1.807, 2.05) is 6.07 Å². The Morgan fingerprint density at radius 1 is 1.53 bits per heavy atom. The summed E-state index contributed by atoms with van der Waals surface area (Å²) in [7, 11) is 1.30. The van der Waals surface area contributed by atoms with Crippen LogP contribution >= 0.6 is 0 Å². The van der Waals surface area contributed by atoms with Gasteiger partial charge in [-0.2, -0.15) is 5.10 Å². The lowest BCUT2D eigenvalue weighted by atomic mass is 10.2. The average molecular weight is 206 g/mol. The molecule has 0 aliphatic carbocycles. The summed E-state index contributed by atoms with van der Waals surface area (Å²) in [6, 6.07) is 7.17. The van der Waals surface area contributed by atoms with Crippen molar-refractivity contribution < 1.29 is 14.6 Å². The van der Waals surface area contributed by atoms with E-state index < -0.39 is 5.97 Å². The Kier molecular flexibility index (Phi) is 2.39. The number of nitrogens with zero attached hydrogens (tertiary/aromatic N) is 2. The number of aromatic nitrogens is 2. The van der Waals surface area contributed by atoms with Crippen molar-refractivity contribution in [2.75, 3.05) is 7.11 Å². The number of rotatable bonds is 2. The van der Waals surface area contributed by atoms with Crippen LogP contribution in [-0.2, 0) is 11.5 Å². The van der Waals surface area contributed by atoms with Gasteiger partial charge < -0.3 is 9.84 Å². The Bertz CT molecular complexity index is 504. The second kappa shape index (κ2) is 3.70. The van der Waals surface area contributed by atoms with E-state index in [1.54, 1.807) is 18.2 Å². The number of fused-ring (bicyclic) bond motifs is 1. The second-order valence-corrected chi connectivity index (χ2v) is 3.00. The first-order chi connectivity index (χ1) is 7.27. The van der Waals surface area contributed by atoms with Crippen LogP contribution in [0.2, 0.25) is 0 Å². The number of hydrogen-bond acceptors (Lipinski definition) is 4. The van der Waals surface area contributed by atoms with Crippen molar-refractivity contribution in [1.82, 2.24) is 9.78 Å². The van der Waals surface area contributed by atoms with Crippen LogP contribution in [0.5, 0.6) is 0 Å². The standard InChI is InChI=1S/C10H10N2O3/c1-15-10(14)9-7-4-2-3-5-8(7)12(6-13)11-9/h2-5,13H,6H2,1H3. The third-order valence-corrected chi connectivity index (χ3v) is 2.17. The van der Waals surface area contributed by atoms with Gasteiger partial charge in [0.05, 0.1) is 12.6 Å². The van der Waals surface area contributed by atoms with Crippen molar-refractivity contribution in [2.24, 2.45) is 0 Å². The lowest BCUT2D eigenvalue weighted by molar-refractivity contribution is 0.0593. The fourth-order valence-corrected chi connectivity index (χ4v) is 1.48. The topological polar surface area (TPSA) is 64.3 Å². The van der Waals surface area contributed by atoms with Crippen LogP contribution < -0.4 is 0 Å². The molecule has 0 spiro atoms. The second-order valence-electron chi connectivity index (χ2n) is 3.00. The molecule has 0 bridgehead atoms. The summed E-state index contributed by atoms with van der Waals surface area (Å²) in [4.78, 5) is 11.4. The minimum absolute atomic E-state index is 0.224. The molecule has 2 aromatic rings. The molecule has 0 atom stereocenters. The van der Waals surface area contributed by atoms with Gasteiger partial charge in [0.2, 0.25) is 0 Å². The van der Waals surface area contributed by atoms with Gasteiger partial charge in [0, 0.05) is 5.39 Å². The molecule has 0 fully saturated rings. The molecule has 1 aromatic heterocycles. The maximum absolute atomic E-state index is 11.4. The van der Waals surface area contributed by atoms with Crippen LogP contribution in [0.15, 0.2) is 24.3 Å². The smallest absolute Gasteiger partial charge is 0.359 e. The van der Waals surface area contributed by atoms with Gasteiger partial charge >= 0.3 is 5.97 Å². The Hall–Kier alpha value is -1.88. The summed E-state index contributed by atoms with van der Waals surface area (Å²) in [5.74, 6) is -0.501. The Morgan fingerprint density at radius 2 is 2.27 bits per heavy atom. The number of esters is 1. The van der Waals surface area contributed by atoms with E-state index in [0.29, 0.717) is 10.9 Å². The van der Waals surface area contributed by atoms with Crippen molar-refractivity contribution in [2.45, 2.75) is 6.73 Å². The van der Waals surface area contributed by atoms with Crippen LogP contribution in [-0.4, -0.2) is 28.0 Å². The molecule has 1 N–H and O–H groups in total. The molecule has 5 nitrogen and oxygen atoms in total. The molecular weight excluding hydrogens is 196 g/mol. The van der Waals surface area contributed by atoms with Gasteiger partial charge in [-0.05, 0) is 6.07 Å².